The smallest absolute Gasteiger partial charge is 0.0745 e. The Kier molecular flexibility index (Phi) is 4.40. The van der Waals surface area contributed by atoms with Gasteiger partial charge in [0, 0.05) is 4.90 Å². The molecule has 0 unspecified atom stereocenters. The maximum atomic E-state index is 6.03. The van der Waals surface area contributed by atoms with Crippen LogP contribution in [0.4, 0.5) is 0 Å². The van der Waals surface area contributed by atoms with Crippen LogP contribution in [0.25, 0.3) is 0 Å². The van der Waals surface area contributed by atoms with Crippen LogP contribution >= 0.6 is 23.4 Å². The van der Waals surface area contributed by atoms with Crippen LogP contribution in [0.15, 0.2) is 45.7 Å². The van der Waals surface area contributed by atoms with Crippen LogP contribution in [0.5, 0.6) is 0 Å². The summed E-state index contributed by atoms with van der Waals surface area (Å²) >= 11 is 7.63. The summed E-state index contributed by atoms with van der Waals surface area (Å²) in [5.41, 5.74) is 0. The van der Waals surface area contributed by atoms with E-state index in [1.165, 1.54) is 4.90 Å². The van der Waals surface area contributed by atoms with Crippen molar-refractivity contribution >= 4 is 23.4 Å². The minimum absolute atomic E-state index is 0.503. The Morgan fingerprint density at radius 2 is 1.92 bits per heavy atom. The molecule has 0 N–H and O–H groups in total. The molecule has 1 aromatic rings. The summed E-state index contributed by atoms with van der Waals surface area (Å²) in [6.07, 6.45) is 2.05. The Labute approximate surface area is 89.0 Å². The van der Waals surface area contributed by atoms with Gasteiger partial charge in [-0.3, -0.25) is 0 Å². The van der Waals surface area contributed by atoms with E-state index in [4.69, 9.17) is 11.6 Å². The number of halogens is 1. The first-order valence-corrected chi connectivity index (χ1v) is 5.48. The van der Waals surface area contributed by atoms with E-state index in [2.05, 4.69) is 32.1 Å². The number of rotatable bonds is 3. The Hall–Kier alpha value is -0.400. The van der Waals surface area contributed by atoms with Crippen LogP contribution in [-0.4, -0.2) is 0 Å². The van der Waals surface area contributed by atoms with Crippen molar-refractivity contribution in [2.75, 3.05) is 0 Å². The van der Waals surface area contributed by atoms with E-state index in [1.807, 2.05) is 18.2 Å². The van der Waals surface area contributed by atoms with Gasteiger partial charge in [-0.1, -0.05) is 61.5 Å². The van der Waals surface area contributed by atoms with Crippen LogP contribution < -0.4 is 0 Å². The molecule has 0 aromatic heterocycles. The maximum Gasteiger partial charge on any atom is 0.0745 e. The van der Waals surface area contributed by atoms with Crippen molar-refractivity contribution < 1.29 is 0 Å². The highest BCUT2D eigenvalue weighted by atomic mass is 35.5. The lowest BCUT2D eigenvalue weighted by Crippen LogP contribution is -1.78. The summed E-state index contributed by atoms with van der Waals surface area (Å²) in [6, 6.07) is 10.1. The first-order valence-electron chi connectivity index (χ1n) is 4.28. The van der Waals surface area contributed by atoms with Crippen LogP contribution in [0.2, 0.25) is 0 Å². The summed E-state index contributed by atoms with van der Waals surface area (Å²) < 4.78 is 0.848. The average molecular weight is 213 g/mol. The van der Waals surface area contributed by atoms with E-state index in [1.54, 1.807) is 11.8 Å². The Morgan fingerprint density at radius 1 is 1.31 bits per heavy atom. The van der Waals surface area contributed by atoms with Crippen molar-refractivity contribution in [1.82, 2.24) is 0 Å². The lowest BCUT2D eigenvalue weighted by molar-refractivity contribution is 0.832. The molecule has 0 aliphatic rings. The SMILES string of the molecule is CC(C)/C=C(\Cl)Sc1ccccc1. The third-order valence-electron chi connectivity index (χ3n) is 1.42. The summed E-state index contributed by atoms with van der Waals surface area (Å²) in [7, 11) is 0. The molecule has 70 valence electrons. The predicted molar refractivity (Wildman–Crippen MR) is 61.1 cm³/mol. The molecule has 0 radical (unpaired) electrons. The zero-order valence-electron chi connectivity index (χ0n) is 7.83. The van der Waals surface area contributed by atoms with Crippen molar-refractivity contribution in [3.63, 3.8) is 0 Å². The van der Waals surface area contributed by atoms with Gasteiger partial charge in [-0.25, -0.2) is 0 Å². The fraction of sp³-hybridized carbons (Fsp3) is 0.273. The number of hydrogen-bond donors (Lipinski definition) is 0. The van der Waals surface area contributed by atoms with Crippen LogP contribution in [0.3, 0.4) is 0 Å². The van der Waals surface area contributed by atoms with Gasteiger partial charge < -0.3 is 0 Å². The zero-order valence-corrected chi connectivity index (χ0v) is 9.40. The first kappa shape index (κ1) is 10.7. The molecule has 2 heteroatoms. The maximum absolute atomic E-state index is 6.03. The molecular weight excluding hydrogens is 200 g/mol. The van der Waals surface area contributed by atoms with Crippen molar-refractivity contribution in [3.05, 3.63) is 40.8 Å². The second-order valence-corrected chi connectivity index (χ2v) is 4.88. The number of allylic oxidation sites excluding steroid dienone is 1. The minimum atomic E-state index is 0.503. The first-order chi connectivity index (χ1) is 6.18. The lowest BCUT2D eigenvalue weighted by Gasteiger charge is -2.00. The highest BCUT2D eigenvalue weighted by Crippen LogP contribution is 2.29. The summed E-state index contributed by atoms with van der Waals surface area (Å²) in [4.78, 5) is 1.18. The largest absolute Gasteiger partial charge is 0.0780 e. The Morgan fingerprint density at radius 3 is 2.46 bits per heavy atom. The molecule has 1 rings (SSSR count). The summed E-state index contributed by atoms with van der Waals surface area (Å²) in [5, 5.41) is 0. The van der Waals surface area contributed by atoms with E-state index in [0.717, 1.165) is 4.36 Å². The van der Waals surface area contributed by atoms with Gasteiger partial charge in [0.05, 0.1) is 4.36 Å². The molecule has 0 aliphatic heterocycles. The topological polar surface area (TPSA) is 0 Å². The van der Waals surface area contributed by atoms with E-state index in [9.17, 15) is 0 Å². The molecule has 0 aliphatic carbocycles. The third-order valence-corrected chi connectivity index (χ3v) is 2.62. The fourth-order valence-corrected chi connectivity index (χ4v) is 2.28. The van der Waals surface area contributed by atoms with Gasteiger partial charge in [0.2, 0.25) is 0 Å². The average Bonchev–Trinajstić information content (AvgIpc) is 2.04. The molecule has 0 bridgehead atoms. The molecule has 0 saturated carbocycles. The second-order valence-electron chi connectivity index (χ2n) is 3.13. The standard InChI is InChI=1S/C11H13ClS/c1-9(2)8-11(12)13-10-6-4-3-5-7-10/h3-9H,1-2H3/b11-8+. The minimum Gasteiger partial charge on any atom is -0.0780 e. The molecule has 0 heterocycles. The third kappa shape index (κ3) is 4.39. The molecule has 0 fully saturated rings. The van der Waals surface area contributed by atoms with Crippen molar-refractivity contribution in [2.45, 2.75) is 18.7 Å². The zero-order chi connectivity index (χ0) is 9.68. The van der Waals surface area contributed by atoms with E-state index >= 15 is 0 Å². The van der Waals surface area contributed by atoms with Crippen molar-refractivity contribution in [3.8, 4) is 0 Å². The monoisotopic (exact) mass is 212 g/mol. The Balaban J connectivity index is 2.60. The van der Waals surface area contributed by atoms with E-state index < -0.39 is 0 Å². The molecule has 0 atom stereocenters. The molecule has 0 saturated heterocycles. The summed E-state index contributed by atoms with van der Waals surface area (Å²) in [6.45, 7) is 4.24. The van der Waals surface area contributed by atoms with Crippen LogP contribution in [0, 0.1) is 5.92 Å². The van der Waals surface area contributed by atoms with Crippen molar-refractivity contribution in [1.29, 1.82) is 0 Å². The van der Waals surface area contributed by atoms with Gasteiger partial charge in [-0.2, -0.15) is 0 Å². The predicted octanol–water partition coefficient (Wildman–Crippen LogP) is 4.51. The lowest BCUT2D eigenvalue weighted by atomic mass is 10.2. The Bertz CT molecular complexity index is 277. The fourth-order valence-electron chi connectivity index (χ4n) is 0.897. The number of benzene rings is 1. The number of hydrogen-bond acceptors (Lipinski definition) is 1. The van der Waals surface area contributed by atoms with Gasteiger partial charge in [0.25, 0.3) is 0 Å². The van der Waals surface area contributed by atoms with Gasteiger partial charge in [0.1, 0.15) is 0 Å². The molecule has 1 aromatic carbocycles. The second kappa shape index (κ2) is 5.36. The quantitative estimate of drug-likeness (QED) is 0.665. The molecule has 13 heavy (non-hydrogen) atoms. The molecule has 0 spiro atoms. The molecule has 0 amide bonds. The van der Waals surface area contributed by atoms with Gasteiger partial charge in [-0.05, 0) is 18.1 Å². The number of thioether (sulfide) groups is 1. The van der Waals surface area contributed by atoms with Gasteiger partial charge >= 0.3 is 0 Å². The van der Waals surface area contributed by atoms with E-state index in [-0.39, 0.29) is 0 Å². The highest BCUT2D eigenvalue weighted by molar-refractivity contribution is 8.04. The van der Waals surface area contributed by atoms with Gasteiger partial charge in [-0.15, -0.1) is 0 Å². The van der Waals surface area contributed by atoms with Gasteiger partial charge in [0.15, 0.2) is 0 Å². The normalized spacial score (nSPS) is 12.2. The summed E-state index contributed by atoms with van der Waals surface area (Å²) in [5.74, 6) is 0.503. The van der Waals surface area contributed by atoms with E-state index in [0.29, 0.717) is 5.92 Å². The van der Waals surface area contributed by atoms with Crippen molar-refractivity contribution in [2.24, 2.45) is 5.92 Å². The van der Waals surface area contributed by atoms with Crippen LogP contribution in [-0.2, 0) is 0 Å². The highest BCUT2D eigenvalue weighted by Gasteiger charge is 1.97. The molecule has 0 nitrogen and oxygen atoms in total. The van der Waals surface area contributed by atoms with Crippen LogP contribution in [0.1, 0.15) is 13.8 Å². The molecular formula is C11H13ClS.